The Morgan fingerprint density at radius 2 is 1.88 bits per heavy atom. The average Bonchev–Trinajstić information content (AvgIpc) is 3.83. The number of piperidine rings is 1. The van der Waals surface area contributed by atoms with Gasteiger partial charge in [0.15, 0.2) is 0 Å². The SMILES string of the molecule is CC(C)(C)C(NC(=O)N1CCOC2(CC2)C1)C(=O)N1CC2C(C1C(=O)NC(C#N)CC1CC3(CC3)NC1=O)C2(C)C. The first kappa shape index (κ1) is 28.3. The zero-order valence-electron chi connectivity index (χ0n) is 24.9. The van der Waals surface area contributed by atoms with Gasteiger partial charge in [-0.05, 0) is 61.2 Å². The van der Waals surface area contributed by atoms with E-state index in [-0.39, 0.29) is 64.5 Å². The monoisotopic (exact) mass is 568 g/mol. The number of nitrogens with one attached hydrogen (secondary N) is 3. The highest BCUT2D eigenvalue weighted by molar-refractivity contribution is 5.94. The molecule has 3 saturated heterocycles. The van der Waals surface area contributed by atoms with E-state index in [4.69, 9.17) is 4.74 Å². The van der Waals surface area contributed by atoms with Crippen LogP contribution in [0.3, 0.4) is 0 Å². The van der Waals surface area contributed by atoms with Gasteiger partial charge in [-0.3, -0.25) is 14.4 Å². The Hall–Kier alpha value is -2.87. The zero-order valence-corrected chi connectivity index (χ0v) is 24.9. The van der Waals surface area contributed by atoms with Crippen LogP contribution >= 0.6 is 0 Å². The van der Waals surface area contributed by atoms with Crippen LogP contribution in [-0.4, -0.2) is 89.1 Å². The first-order valence-electron chi connectivity index (χ1n) is 15.2. The number of likely N-dealkylation sites (tertiary alicyclic amines) is 1. The number of nitriles is 1. The van der Waals surface area contributed by atoms with Crippen molar-refractivity contribution in [1.29, 1.82) is 5.26 Å². The molecule has 3 aliphatic heterocycles. The molecule has 3 saturated carbocycles. The number of hydrogen-bond donors (Lipinski definition) is 3. The summed E-state index contributed by atoms with van der Waals surface area (Å²) in [5.41, 5.74) is -1.02. The fourth-order valence-electron chi connectivity index (χ4n) is 7.64. The Morgan fingerprint density at radius 1 is 1.17 bits per heavy atom. The summed E-state index contributed by atoms with van der Waals surface area (Å²) in [4.78, 5) is 57.2. The van der Waals surface area contributed by atoms with Gasteiger partial charge in [0.2, 0.25) is 17.7 Å². The van der Waals surface area contributed by atoms with Gasteiger partial charge in [-0.1, -0.05) is 34.6 Å². The van der Waals surface area contributed by atoms with Crippen molar-refractivity contribution in [3.63, 3.8) is 0 Å². The third kappa shape index (κ3) is 5.06. The number of amides is 5. The van der Waals surface area contributed by atoms with Gasteiger partial charge in [0, 0.05) is 24.5 Å². The standard InChI is InChI=1S/C30H44N6O5/c1-27(2,3)22(33-26(40)35-10-11-41-30(16-35)8-9-30)25(39)36-15-19-20(28(19,4)5)21(36)24(38)32-18(14-31)12-17-13-29(6-7-29)34-23(17)37/h17-22H,6-13,15-16H2,1-5H3,(H,32,38)(H,33,40)(H,34,37). The number of carbonyl (C=O) groups excluding carboxylic acids is 4. The van der Waals surface area contributed by atoms with Crippen molar-refractivity contribution in [2.75, 3.05) is 26.2 Å². The molecule has 3 N–H and O–H groups in total. The summed E-state index contributed by atoms with van der Waals surface area (Å²) in [6.07, 6.45) is 4.77. The molecule has 0 radical (unpaired) electrons. The maximum atomic E-state index is 14.2. The molecule has 41 heavy (non-hydrogen) atoms. The lowest BCUT2D eigenvalue weighted by atomic mass is 9.85. The number of rotatable bonds is 6. The van der Waals surface area contributed by atoms with E-state index in [1.54, 1.807) is 9.80 Å². The van der Waals surface area contributed by atoms with E-state index >= 15 is 0 Å². The van der Waals surface area contributed by atoms with Crippen molar-refractivity contribution < 1.29 is 23.9 Å². The Balaban J connectivity index is 1.16. The second-order valence-electron chi connectivity index (χ2n) is 15.2. The summed E-state index contributed by atoms with van der Waals surface area (Å²) in [7, 11) is 0. The normalized spacial score (nSPS) is 32.9. The summed E-state index contributed by atoms with van der Waals surface area (Å²) >= 11 is 0. The van der Waals surface area contributed by atoms with Crippen LogP contribution in [0.1, 0.15) is 73.1 Å². The van der Waals surface area contributed by atoms with Crippen LogP contribution in [0.4, 0.5) is 4.79 Å². The zero-order chi connectivity index (χ0) is 29.5. The van der Waals surface area contributed by atoms with Crippen LogP contribution in [-0.2, 0) is 19.1 Å². The minimum Gasteiger partial charge on any atom is -0.371 e. The quantitative estimate of drug-likeness (QED) is 0.443. The smallest absolute Gasteiger partial charge is 0.318 e. The highest BCUT2D eigenvalue weighted by Gasteiger charge is 2.70. The van der Waals surface area contributed by atoms with Crippen LogP contribution in [0.15, 0.2) is 0 Å². The number of ether oxygens (including phenoxy) is 1. The Labute approximate surface area is 242 Å². The molecule has 5 amide bonds. The lowest BCUT2D eigenvalue weighted by Gasteiger charge is -2.39. The molecule has 0 bridgehead atoms. The molecule has 11 nitrogen and oxygen atoms in total. The van der Waals surface area contributed by atoms with E-state index < -0.39 is 23.5 Å². The molecule has 6 aliphatic rings. The highest BCUT2D eigenvalue weighted by atomic mass is 16.5. The predicted octanol–water partition coefficient (Wildman–Crippen LogP) is 1.53. The van der Waals surface area contributed by atoms with E-state index in [9.17, 15) is 24.4 Å². The van der Waals surface area contributed by atoms with Gasteiger partial charge in [-0.2, -0.15) is 5.26 Å². The summed E-state index contributed by atoms with van der Waals surface area (Å²) in [5, 5.41) is 18.8. The molecule has 6 rings (SSSR count). The van der Waals surface area contributed by atoms with E-state index in [1.807, 2.05) is 20.8 Å². The first-order valence-corrected chi connectivity index (χ1v) is 15.2. The van der Waals surface area contributed by atoms with Crippen LogP contribution in [0.2, 0.25) is 0 Å². The van der Waals surface area contributed by atoms with Crippen molar-refractivity contribution in [1.82, 2.24) is 25.8 Å². The van der Waals surface area contributed by atoms with Gasteiger partial charge < -0.3 is 30.5 Å². The van der Waals surface area contributed by atoms with Gasteiger partial charge in [-0.25, -0.2) is 4.79 Å². The van der Waals surface area contributed by atoms with E-state index in [1.165, 1.54) is 0 Å². The average molecular weight is 569 g/mol. The van der Waals surface area contributed by atoms with Crippen molar-refractivity contribution in [3.8, 4) is 6.07 Å². The largest absolute Gasteiger partial charge is 0.371 e. The van der Waals surface area contributed by atoms with E-state index in [2.05, 4.69) is 35.9 Å². The maximum Gasteiger partial charge on any atom is 0.318 e. The van der Waals surface area contributed by atoms with Crippen molar-refractivity contribution in [2.45, 2.75) is 102 Å². The number of urea groups is 1. The van der Waals surface area contributed by atoms with Crippen LogP contribution in [0.25, 0.3) is 0 Å². The van der Waals surface area contributed by atoms with Crippen LogP contribution in [0, 0.1) is 39.9 Å². The molecule has 11 heteroatoms. The minimum atomic E-state index is -0.826. The van der Waals surface area contributed by atoms with E-state index in [0.29, 0.717) is 32.7 Å². The van der Waals surface area contributed by atoms with Gasteiger partial charge in [0.05, 0.1) is 24.8 Å². The Kier molecular flexibility index (Phi) is 6.42. The molecule has 0 aromatic heterocycles. The number of carbonyl (C=O) groups is 4. The molecule has 224 valence electrons. The second-order valence-corrected chi connectivity index (χ2v) is 15.2. The van der Waals surface area contributed by atoms with Gasteiger partial charge in [-0.15, -0.1) is 0 Å². The molecule has 2 spiro atoms. The molecule has 3 aliphatic carbocycles. The number of hydrogen-bond acceptors (Lipinski definition) is 6. The minimum absolute atomic E-state index is 0.0272. The molecule has 6 fully saturated rings. The van der Waals surface area contributed by atoms with Crippen molar-refractivity contribution >= 4 is 23.8 Å². The summed E-state index contributed by atoms with van der Waals surface area (Å²) in [5.74, 6) is -0.837. The fourth-order valence-corrected chi connectivity index (χ4v) is 7.64. The van der Waals surface area contributed by atoms with Crippen LogP contribution in [0.5, 0.6) is 0 Å². The molecule has 6 unspecified atom stereocenters. The molecule has 3 heterocycles. The lowest BCUT2D eigenvalue weighted by Crippen LogP contribution is -2.62. The molecular formula is C30H44N6O5. The first-order chi connectivity index (χ1) is 19.2. The maximum absolute atomic E-state index is 14.2. The highest BCUT2D eigenvalue weighted by Crippen LogP contribution is 2.65. The third-order valence-electron chi connectivity index (χ3n) is 10.7. The topological polar surface area (TPSA) is 144 Å². The van der Waals surface area contributed by atoms with Crippen molar-refractivity contribution in [3.05, 3.63) is 0 Å². The molecular weight excluding hydrogens is 524 g/mol. The summed E-state index contributed by atoms with van der Waals surface area (Å²) in [6, 6.07) is -0.485. The van der Waals surface area contributed by atoms with Gasteiger partial charge in [0.25, 0.3) is 0 Å². The number of fused-ring (bicyclic) bond motifs is 1. The van der Waals surface area contributed by atoms with Gasteiger partial charge >= 0.3 is 6.03 Å². The second kappa shape index (κ2) is 9.32. The lowest BCUT2D eigenvalue weighted by molar-refractivity contribution is -0.144. The molecule has 0 aromatic carbocycles. The number of nitrogens with zero attached hydrogens (tertiary/aromatic N) is 3. The summed E-state index contributed by atoms with van der Waals surface area (Å²) < 4.78 is 5.85. The Bertz CT molecular complexity index is 1190. The predicted molar refractivity (Wildman–Crippen MR) is 148 cm³/mol. The summed E-state index contributed by atoms with van der Waals surface area (Å²) in [6.45, 7) is 11.9. The fraction of sp³-hybridized carbons (Fsp3) is 0.833. The van der Waals surface area contributed by atoms with E-state index in [0.717, 1.165) is 25.7 Å². The van der Waals surface area contributed by atoms with Crippen LogP contribution < -0.4 is 16.0 Å². The third-order valence-corrected chi connectivity index (χ3v) is 10.7. The number of morpholine rings is 1. The molecule has 6 atom stereocenters. The molecule has 0 aromatic rings. The van der Waals surface area contributed by atoms with Gasteiger partial charge in [0.1, 0.15) is 18.1 Å². The van der Waals surface area contributed by atoms with Crippen molar-refractivity contribution in [2.24, 2.45) is 28.6 Å². The Morgan fingerprint density at radius 3 is 2.46 bits per heavy atom.